The summed E-state index contributed by atoms with van der Waals surface area (Å²) in [5, 5.41) is 0. The summed E-state index contributed by atoms with van der Waals surface area (Å²) in [5.41, 5.74) is 25.0. The molecule has 0 spiro atoms. The maximum Gasteiger partial charge on any atom is 0.232 e. The van der Waals surface area contributed by atoms with E-state index in [1.165, 1.54) is 0 Å². The molecule has 2 aromatic rings. The molecule has 3 aliphatic heterocycles. The zero-order chi connectivity index (χ0) is 23.7. The fourth-order valence-electron chi connectivity index (χ4n) is 5.01. The van der Waals surface area contributed by atoms with Crippen molar-refractivity contribution in [1.29, 1.82) is 0 Å². The van der Waals surface area contributed by atoms with Crippen LogP contribution in [0, 0.1) is 0 Å². The number of piperidine rings is 2. The molecule has 3 fully saturated rings. The number of nitrogens with two attached hydrogens (primary N) is 4. The van der Waals surface area contributed by atoms with Gasteiger partial charge in [-0.1, -0.05) is 0 Å². The Morgan fingerprint density at radius 3 is 1.29 bits per heavy atom. The number of rotatable bonds is 4. The third-order valence-electron chi connectivity index (χ3n) is 6.59. The molecular formula is C21H35N13. The second kappa shape index (κ2) is 9.78. The Labute approximate surface area is 199 Å². The van der Waals surface area contributed by atoms with Gasteiger partial charge in [0.15, 0.2) is 0 Å². The Morgan fingerprint density at radius 1 is 0.529 bits per heavy atom. The quantitative estimate of drug-likeness (QED) is 0.376. The number of piperazine rings is 1. The molecular weight excluding hydrogens is 434 g/mol. The first-order valence-corrected chi connectivity index (χ1v) is 12.0. The lowest BCUT2D eigenvalue weighted by molar-refractivity contribution is 0.440. The maximum absolute atomic E-state index is 6.26. The van der Waals surface area contributed by atoms with Crippen LogP contribution >= 0.6 is 0 Å². The number of aromatic nitrogens is 5. The lowest BCUT2D eigenvalue weighted by Gasteiger charge is -2.38. The molecule has 0 radical (unpaired) electrons. The van der Waals surface area contributed by atoms with E-state index in [1.807, 2.05) is 6.07 Å². The molecule has 5 rings (SSSR count). The minimum Gasteiger partial charge on any atom is -0.338 e. The second-order valence-corrected chi connectivity index (χ2v) is 9.58. The van der Waals surface area contributed by atoms with Crippen molar-refractivity contribution in [3.05, 3.63) is 18.5 Å². The predicted molar refractivity (Wildman–Crippen MR) is 132 cm³/mol. The molecule has 0 aliphatic carbocycles. The monoisotopic (exact) mass is 469 g/mol. The zero-order valence-corrected chi connectivity index (χ0v) is 19.4. The van der Waals surface area contributed by atoms with Gasteiger partial charge in [-0.25, -0.2) is 9.97 Å². The molecule has 8 N–H and O–H groups in total. The van der Waals surface area contributed by atoms with E-state index in [4.69, 9.17) is 37.9 Å². The molecule has 0 amide bonds. The Kier molecular flexibility index (Phi) is 6.59. The molecule has 34 heavy (non-hydrogen) atoms. The van der Waals surface area contributed by atoms with E-state index in [9.17, 15) is 0 Å². The summed E-state index contributed by atoms with van der Waals surface area (Å²) >= 11 is 0. The van der Waals surface area contributed by atoms with Crippen LogP contribution in [0.4, 0.5) is 23.8 Å². The van der Waals surface area contributed by atoms with Crippen molar-refractivity contribution < 1.29 is 0 Å². The van der Waals surface area contributed by atoms with Gasteiger partial charge in [-0.2, -0.15) is 15.0 Å². The first-order chi connectivity index (χ1) is 16.4. The van der Waals surface area contributed by atoms with Gasteiger partial charge in [0.25, 0.3) is 0 Å². The smallest absolute Gasteiger partial charge is 0.232 e. The van der Waals surface area contributed by atoms with Crippen LogP contribution in [-0.4, -0.2) is 101 Å². The molecule has 13 heteroatoms. The lowest BCUT2D eigenvalue weighted by Crippen LogP contribution is -2.54. The minimum absolute atomic E-state index is 0.0151. The Balaban J connectivity index is 1.40. The fraction of sp³-hybridized carbons (Fsp3) is 0.667. The Hall–Kier alpha value is -2.87. The van der Waals surface area contributed by atoms with Gasteiger partial charge in [-0.15, -0.1) is 0 Å². The van der Waals surface area contributed by atoms with Gasteiger partial charge in [0.2, 0.25) is 23.8 Å². The van der Waals surface area contributed by atoms with Crippen LogP contribution < -0.4 is 42.5 Å². The van der Waals surface area contributed by atoms with E-state index in [-0.39, 0.29) is 24.2 Å². The molecule has 4 atom stereocenters. The van der Waals surface area contributed by atoms with Crippen molar-refractivity contribution in [2.24, 2.45) is 22.9 Å². The largest absolute Gasteiger partial charge is 0.338 e. The molecule has 3 saturated heterocycles. The third kappa shape index (κ3) is 5.12. The molecule has 2 aromatic heterocycles. The molecule has 0 saturated carbocycles. The van der Waals surface area contributed by atoms with E-state index >= 15 is 0 Å². The van der Waals surface area contributed by atoms with Crippen LogP contribution in [0.2, 0.25) is 0 Å². The Bertz CT molecular complexity index is 887. The number of hydrogen-bond donors (Lipinski definition) is 4. The van der Waals surface area contributed by atoms with E-state index < -0.39 is 0 Å². The highest BCUT2D eigenvalue weighted by molar-refractivity contribution is 5.49. The number of anilines is 4. The van der Waals surface area contributed by atoms with Crippen molar-refractivity contribution in [2.75, 3.05) is 72.0 Å². The first kappa shape index (κ1) is 22.9. The molecule has 13 nitrogen and oxygen atoms in total. The van der Waals surface area contributed by atoms with Crippen molar-refractivity contribution in [3.63, 3.8) is 0 Å². The average molecular weight is 470 g/mol. The zero-order valence-electron chi connectivity index (χ0n) is 19.4. The molecule has 0 aromatic carbocycles. The van der Waals surface area contributed by atoms with Gasteiger partial charge in [-0.3, -0.25) is 0 Å². The molecule has 3 aliphatic rings. The lowest BCUT2D eigenvalue weighted by atomic mass is 10.0. The summed E-state index contributed by atoms with van der Waals surface area (Å²) in [5.74, 6) is 2.60. The summed E-state index contributed by atoms with van der Waals surface area (Å²) in [6.07, 6.45) is 5.11. The first-order valence-electron chi connectivity index (χ1n) is 12.0. The van der Waals surface area contributed by atoms with Gasteiger partial charge in [0.1, 0.15) is 0 Å². The summed E-state index contributed by atoms with van der Waals surface area (Å²) in [7, 11) is 0. The molecule has 0 bridgehead atoms. The summed E-state index contributed by atoms with van der Waals surface area (Å²) < 4.78 is 0. The third-order valence-corrected chi connectivity index (χ3v) is 6.59. The normalized spacial score (nSPS) is 28.4. The van der Waals surface area contributed by atoms with Gasteiger partial charge in [0, 0.05) is 88.9 Å². The molecule has 184 valence electrons. The molecule has 5 heterocycles. The summed E-state index contributed by atoms with van der Waals surface area (Å²) in [6.45, 7) is 5.70. The highest BCUT2D eigenvalue weighted by atomic mass is 15.4. The molecule has 0 unspecified atom stereocenters. The minimum atomic E-state index is -0.0151. The van der Waals surface area contributed by atoms with Crippen molar-refractivity contribution in [1.82, 2.24) is 24.9 Å². The number of hydrogen-bond acceptors (Lipinski definition) is 13. The topological polar surface area (TPSA) is 181 Å². The summed E-state index contributed by atoms with van der Waals surface area (Å²) in [6, 6.07) is 1.76. The van der Waals surface area contributed by atoms with Gasteiger partial charge >= 0.3 is 0 Å². The van der Waals surface area contributed by atoms with Crippen LogP contribution in [0.3, 0.4) is 0 Å². The van der Waals surface area contributed by atoms with Crippen molar-refractivity contribution in [2.45, 2.75) is 37.0 Å². The van der Waals surface area contributed by atoms with Gasteiger partial charge in [-0.05, 0) is 18.9 Å². The highest BCUT2D eigenvalue weighted by Crippen LogP contribution is 2.24. The van der Waals surface area contributed by atoms with Crippen molar-refractivity contribution in [3.8, 4) is 0 Å². The SMILES string of the molecule is N[C@@H]1C[C@H](N)CN(c2nc(N3CCN(c4ncccn4)CC3)nc(N3C[C@H](N)C[C@H](N)C3)n2)C1. The second-order valence-electron chi connectivity index (χ2n) is 9.58. The van der Waals surface area contributed by atoms with E-state index in [0.717, 1.165) is 45.0 Å². The van der Waals surface area contributed by atoms with Crippen LogP contribution in [-0.2, 0) is 0 Å². The highest BCUT2D eigenvalue weighted by Gasteiger charge is 2.30. The van der Waals surface area contributed by atoms with E-state index in [1.54, 1.807) is 12.4 Å². The summed E-state index contributed by atoms with van der Waals surface area (Å²) in [4.78, 5) is 31.8. The van der Waals surface area contributed by atoms with Crippen LogP contribution in [0.1, 0.15) is 12.8 Å². The van der Waals surface area contributed by atoms with Gasteiger partial charge in [0.05, 0.1) is 0 Å². The van der Waals surface area contributed by atoms with Crippen molar-refractivity contribution >= 4 is 23.8 Å². The maximum atomic E-state index is 6.26. The van der Waals surface area contributed by atoms with Crippen LogP contribution in [0.15, 0.2) is 18.5 Å². The fourth-order valence-corrected chi connectivity index (χ4v) is 5.01. The standard InChI is InChI=1S/C21H35N13/c22-14-8-15(23)11-33(10-14)20-28-19(29-21(30-20)34-12-16(24)9-17(25)13-34)32-6-4-31(5-7-32)18-26-2-1-3-27-18/h1-3,14-17H,4-13,22-25H2/t14-,15+,16-,17+. The van der Waals surface area contributed by atoms with E-state index in [2.05, 4.69) is 29.6 Å². The van der Waals surface area contributed by atoms with Crippen LogP contribution in [0.25, 0.3) is 0 Å². The van der Waals surface area contributed by atoms with Crippen LogP contribution in [0.5, 0.6) is 0 Å². The Morgan fingerprint density at radius 2 is 0.882 bits per heavy atom. The van der Waals surface area contributed by atoms with E-state index in [0.29, 0.717) is 44.0 Å². The number of nitrogens with zero attached hydrogens (tertiary/aromatic N) is 9. The average Bonchev–Trinajstić information content (AvgIpc) is 2.83. The van der Waals surface area contributed by atoms with Gasteiger partial charge < -0.3 is 42.5 Å². The predicted octanol–water partition coefficient (Wildman–Crippen LogP) is -2.28.